The molecule has 23 heavy (non-hydrogen) atoms. The van der Waals surface area contributed by atoms with E-state index in [0.29, 0.717) is 23.4 Å². The van der Waals surface area contributed by atoms with Gasteiger partial charge in [-0.3, -0.25) is 14.6 Å². The number of hydrogen-bond donors (Lipinski definition) is 2. The lowest BCUT2D eigenvalue weighted by molar-refractivity contribution is -0.142. The van der Waals surface area contributed by atoms with E-state index in [2.05, 4.69) is 15.0 Å². The average Bonchev–Trinajstić information content (AvgIpc) is 2.56. The number of amides is 1. The number of aromatic nitrogens is 1. The average molecular weight is 313 g/mol. The van der Waals surface area contributed by atoms with E-state index in [4.69, 9.17) is 5.73 Å². The molecular weight excluding hydrogens is 294 g/mol. The molecule has 120 valence electrons. The summed E-state index contributed by atoms with van der Waals surface area (Å²) in [5.41, 5.74) is 8.47. The third-order valence-corrected chi connectivity index (χ3v) is 3.42. The number of nitrogens with zero attached hydrogens (tertiary/aromatic N) is 1. The topological polar surface area (TPSA) is 94.3 Å². The predicted octanol–water partition coefficient (Wildman–Crippen LogP) is 1.69. The number of esters is 1. The van der Waals surface area contributed by atoms with Gasteiger partial charge in [-0.25, -0.2) is 0 Å². The second kappa shape index (κ2) is 7.51. The highest BCUT2D eigenvalue weighted by atomic mass is 16.5. The van der Waals surface area contributed by atoms with Crippen LogP contribution in [0.4, 0.5) is 5.69 Å². The molecule has 2 aromatic rings. The maximum absolute atomic E-state index is 12.2. The smallest absolute Gasteiger partial charge is 0.322 e. The first kappa shape index (κ1) is 16.6. The molecule has 1 heterocycles. The molecule has 3 N–H and O–H groups in total. The minimum atomic E-state index is -0.696. The number of rotatable bonds is 5. The maximum atomic E-state index is 12.2. The molecule has 0 radical (unpaired) electrons. The number of benzene rings is 1. The van der Waals surface area contributed by atoms with Crippen LogP contribution in [0.15, 0.2) is 42.6 Å². The van der Waals surface area contributed by atoms with Crippen molar-refractivity contribution in [1.29, 1.82) is 0 Å². The van der Waals surface area contributed by atoms with Crippen LogP contribution in [0.5, 0.6) is 0 Å². The summed E-state index contributed by atoms with van der Waals surface area (Å²) in [6.07, 6.45) is 2.02. The fourth-order valence-corrected chi connectivity index (χ4v) is 2.14. The van der Waals surface area contributed by atoms with Crippen LogP contribution in [-0.4, -0.2) is 30.0 Å². The summed E-state index contributed by atoms with van der Waals surface area (Å²) < 4.78 is 4.59. The number of nitrogens with two attached hydrogens (primary N) is 1. The summed E-state index contributed by atoms with van der Waals surface area (Å²) in [5, 5.41) is 2.81. The van der Waals surface area contributed by atoms with E-state index in [0.717, 1.165) is 5.56 Å². The Balaban J connectivity index is 2.01. The summed E-state index contributed by atoms with van der Waals surface area (Å²) in [6, 6.07) is 9.91. The van der Waals surface area contributed by atoms with Crippen LogP contribution >= 0.6 is 0 Å². The van der Waals surface area contributed by atoms with E-state index >= 15 is 0 Å². The molecule has 6 heteroatoms. The van der Waals surface area contributed by atoms with Gasteiger partial charge in [0, 0.05) is 17.6 Å². The van der Waals surface area contributed by atoms with Crippen molar-refractivity contribution in [2.75, 3.05) is 12.4 Å². The number of anilines is 1. The third-order valence-electron chi connectivity index (χ3n) is 3.42. The summed E-state index contributed by atoms with van der Waals surface area (Å²) in [5.74, 6) is -0.663. The summed E-state index contributed by atoms with van der Waals surface area (Å²) >= 11 is 0. The first-order valence-electron chi connectivity index (χ1n) is 7.16. The van der Waals surface area contributed by atoms with Crippen LogP contribution in [0.3, 0.4) is 0 Å². The first-order valence-corrected chi connectivity index (χ1v) is 7.16. The van der Waals surface area contributed by atoms with Crippen LogP contribution in [0.25, 0.3) is 0 Å². The molecule has 1 unspecified atom stereocenters. The predicted molar refractivity (Wildman–Crippen MR) is 87.1 cm³/mol. The highest BCUT2D eigenvalue weighted by molar-refractivity contribution is 6.04. The Morgan fingerprint density at radius 2 is 1.96 bits per heavy atom. The molecule has 1 aromatic carbocycles. The lowest BCUT2D eigenvalue weighted by atomic mass is 10.1. The van der Waals surface area contributed by atoms with Crippen molar-refractivity contribution in [1.82, 2.24) is 4.98 Å². The zero-order chi connectivity index (χ0) is 16.8. The van der Waals surface area contributed by atoms with Gasteiger partial charge in [0.1, 0.15) is 6.04 Å². The number of carbonyl (C=O) groups is 2. The molecule has 0 fully saturated rings. The SMILES string of the molecule is COC(=O)C(N)Cc1ccc(NC(=O)c2cccnc2C)cc1. The van der Waals surface area contributed by atoms with Gasteiger partial charge in [-0.2, -0.15) is 0 Å². The lowest BCUT2D eigenvalue weighted by Crippen LogP contribution is -2.33. The molecule has 0 aliphatic carbocycles. The van der Waals surface area contributed by atoms with Gasteiger partial charge in [-0.05, 0) is 43.2 Å². The Morgan fingerprint density at radius 1 is 1.26 bits per heavy atom. The molecule has 1 atom stereocenters. The van der Waals surface area contributed by atoms with Crippen molar-refractivity contribution in [3.63, 3.8) is 0 Å². The fraction of sp³-hybridized carbons (Fsp3) is 0.235. The second-order valence-electron chi connectivity index (χ2n) is 5.12. The van der Waals surface area contributed by atoms with Gasteiger partial charge in [0.25, 0.3) is 5.91 Å². The van der Waals surface area contributed by atoms with Crippen LogP contribution in [-0.2, 0) is 16.0 Å². The monoisotopic (exact) mass is 313 g/mol. The highest BCUT2D eigenvalue weighted by Crippen LogP contribution is 2.13. The Hall–Kier alpha value is -2.73. The number of nitrogens with one attached hydrogen (secondary N) is 1. The minimum absolute atomic E-state index is 0.213. The van der Waals surface area contributed by atoms with Crippen LogP contribution in [0.2, 0.25) is 0 Å². The Labute approximate surface area is 134 Å². The van der Waals surface area contributed by atoms with Crippen LogP contribution in [0.1, 0.15) is 21.6 Å². The molecule has 1 amide bonds. The zero-order valence-electron chi connectivity index (χ0n) is 13.1. The van der Waals surface area contributed by atoms with Crippen LogP contribution < -0.4 is 11.1 Å². The van der Waals surface area contributed by atoms with Gasteiger partial charge in [0.05, 0.1) is 12.7 Å². The van der Waals surface area contributed by atoms with E-state index < -0.39 is 12.0 Å². The molecule has 0 aliphatic rings. The first-order chi connectivity index (χ1) is 11.0. The Bertz CT molecular complexity index is 698. The molecule has 0 aliphatic heterocycles. The van der Waals surface area contributed by atoms with E-state index in [1.165, 1.54) is 7.11 Å². The van der Waals surface area contributed by atoms with Gasteiger partial charge in [-0.1, -0.05) is 12.1 Å². The molecule has 1 aromatic heterocycles. The van der Waals surface area contributed by atoms with Crippen LogP contribution in [0, 0.1) is 6.92 Å². The normalized spacial score (nSPS) is 11.6. The standard InChI is InChI=1S/C17H19N3O3/c1-11-14(4-3-9-19-11)16(21)20-13-7-5-12(6-8-13)10-15(18)17(22)23-2/h3-9,15H,10,18H2,1-2H3,(H,20,21). The molecule has 2 rings (SSSR count). The minimum Gasteiger partial charge on any atom is -0.468 e. The van der Waals surface area contributed by atoms with Gasteiger partial charge in [0.2, 0.25) is 0 Å². The lowest BCUT2D eigenvalue weighted by Gasteiger charge is -2.10. The molecule has 0 bridgehead atoms. The van der Waals surface area contributed by atoms with E-state index in [9.17, 15) is 9.59 Å². The van der Waals surface area contributed by atoms with Crippen molar-refractivity contribution < 1.29 is 14.3 Å². The van der Waals surface area contributed by atoms with Gasteiger partial charge in [-0.15, -0.1) is 0 Å². The van der Waals surface area contributed by atoms with Crippen molar-refractivity contribution >= 4 is 17.6 Å². The van der Waals surface area contributed by atoms with Gasteiger partial charge < -0.3 is 15.8 Å². The Kier molecular flexibility index (Phi) is 5.43. The summed E-state index contributed by atoms with van der Waals surface area (Å²) in [6.45, 7) is 1.78. The summed E-state index contributed by atoms with van der Waals surface area (Å²) in [7, 11) is 1.31. The molecule has 0 saturated heterocycles. The van der Waals surface area contributed by atoms with Crippen molar-refractivity contribution in [3.8, 4) is 0 Å². The van der Waals surface area contributed by atoms with Crippen molar-refractivity contribution in [2.24, 2.45) is 5.73 Å². The van der Waals surface area contributed by atoms with Crippen molar-refractivity contribution in [2.45, 2.75) is 19.4 Å². The molecular formula is C17H19N3O3. The van der Waals surface area contributed by atoms with E-state index in [-0.39, 0.29) is 5.91 Å². The molecule has 0 spiro atoms. The van der Waals surface area contributed by atoms with E-state index in [1.807, 2.05) is 12.1 Å². The maximum Gasteiger partial charge on any atom is 0.322 e. The largest absolute Gasteiger partial charge is 0.468 e. The molecule has 6 nitrogen and oxygen atoms in total. The number of ether oxygens (including phenoxy) is 1. The van der Waals surface area contributed by atoms with Gasteiger partial charge in [0.15, 0.2) is 0 Å². The third kappa shape index (κ3) is 4.37. The fourth-order valence-electron chi connectivity index (χ4n) is 2.14. The summed E-state index contributed by atoms with van der Waals surface area (Å²) in [4.78, 5) is 27.6. The zero-order valence-corrected chi connectivity index (χ0v) is 13.1. The number of pyridine rings is 1. The number of aryl methyl sites for hydroxylation is 1. The molecule has 0 saturated carbocycles. The number of carbonyl (C=O) groups excluding carboxylic acids is 2. The Morgan fingerprint density at radius 3 is 2.57 bits per heavy atom. The van der Waals surface area contributed by atoms with E-state index in [1.54, 1.807) is 37.4 Å². The second-order valence-corrected chi connectivity index (χ2v) is 5.12. The number of methoxy groups -OCH3 is 1. The number of hydrogen-bond acceptors (Lipinski definition) is 5. The van der Waals surface area contributed by atoms with Gasteiger partial charge >= 0.3 is 5.97 Å². The van der Waals surface area contributed by atoms with Crippen molar-refractivity contribution in [3.05, 3.63) is 59.4 Å². The quantitative estimate of drug-likeness (QED) is 0.819. The highest BCUT2D eigenvalue weighted by Gasteiger charge is 2.14.